The Morgan fingerprint density at radius 1 is 1.30 bits per heavy atom. The number of hydrogen-bond acceptors (Lipinski definition) is 4. The maximum atomic E-state index is 11.9. The Balaban J connectivity index is 2.70. The third kappa shape index (κ3) is 5.25. The predicted octanol–water partition coefficient (Wildman–Crippen LogP) is 2.38. The van der Waals surface area contributed by atoms with Crippen molar-refractivity contribution in [2.24, 2.45) is 17.6 Å². The van der Waals surface area contributed by atoms with Crippen molar-refractivity contribution in [3.05, 3.63) is 5.70 Å². The first-order valence-electron chi connectivity index (χ1n) is 7.23. The number of ether oxygens (including phenoxy) is 1. The van der Waals surface area contributed by atoms with Gasteiger partial charge >= 0.3 is 6.09 Å². The number of carbonyl (C=O) groups excluding carboxylic acids is 2. The van der Waals surface area contributed by atoms with Gasteiger partial charge in [0.05, 0.1) is 6.04 Å². The average molecular weight is 282 g/mol. The summed E-state index contributed by atoms with van der Waals surface area (Å²) in [5.74, 6) is 2.59. The van der Waals surface area contributed by atoms with Crippen LogP contribution in [0.15, 0.2) is 5.70 Å². The highest BCUT2D eigenvalue weighted by Gasteiger charge is 2.31. The van der Waals surface area contributed by atoms with E-state index in [1.165, 1.54) is 0 Å². The molecular weight excluding hydrogens is 256 g/mol. The summed E-state index contributed by atoms with van der Waals surface area (Å²) < 4.78 is 5.23. The maximum Gasteiger partial charge on any atom is 0.408 e. The molecule has 0 heterocycles. The summed E-state index contributed by atoms with van der Waals surface area (Å²) in [4.78, 5) is 22.7. The molecule has 1 amide bonds. The molecule has 0 aromatic carbocycles. The standard InChI is InChI=1S/C15H26N2O3/c1-10-5-7-11(8-6-10)13(12(16)9-18)17-14(19)20-15(2,3)4/h10-11,13H,5-8,16H2,1-4H3,(H,17,19)/t10?,11?,13-/m0/s1. The van der Waals surface area contributed by atoms with E-state index in [2.05, 4.69) is 12.2 Å². The summed E-state index contributed by atoms with van der Waals surface area (Å²) in [7, 11) is 0. The van der Waals surface area contributed by atoms with Gasteiger partial charge in [-0.3, -0.25) is 0 Å². The summed E-state index contributed by atoms with van der Waals surface area (Å²) in [5, 5.41) is 2.72. The molecule has 1 aliphatic carbocycles. The molecule has 20 heavy (non-hydrogen) atoms. The van der Waals surface area contributed by atoms with Crippen molar-refractivity contribution in [3.8, 4) is 0 Å². The zero-order chi connectivity index (χ0) is 15.3. The first kappa shape index (κ1) is 16.6. The molecule has 0 aromatic rings. The zero-order valence-electron chi connectivity index (χ0n) is 12.9. The van der Waals surface area contributed by atoms with Crippen molar-refractivity contribution in [3.63, 3.8) is 0 Å². The van der Waals surface area contributed by atoms with Crippen LogP contribution in [0.1, 0.15) is 53.4 Å². The molecule has 114 valence electrons. The van der Waals surface area contributed by atoms with Crippen molar-refractivity contribution in [1.29, 1.82) is 0 Å². The Kier molecular flexibility index (Phi) is 5.63. The Labute approximate surface area is 120 Å². The Morgan fingerprint density at radius 2 is 1.85 bits per heavy atom. The third-order valence-electron chi connectivity index (χ3n) is 3.66. The van der Waals surface area contributed by atoms with Gasteiger partial charge in [0.2, 0.25) is 0 Å². The minimum Gasteiger partial charge on any atom is -0.444 e. The number of nitrogens with two attached hydrogens (primary N) is 1. The van der Waals surface area contributed by atoms with Gasteiger partial charge < -0.3 is 15.8 Å². The second-order valence-corrected chi connectivity index (χ2v) is 6.70. The lowest BCUT2D eigenvalue weighted by Gasteiger charge is -2.33. The van der Waals surface area contributed by atoms with Crippen molar-refractivity contribution in [2.45, 2.75) is 65.0 Å². The van der Waals surface area contributed by atoms with Gasteiger partial charge in [0, 0.05) is 0 Å². The van der Waals surface area contributed by atoms with Crippen LogP contribution >= 0.6 is 0 Å². The predicted molar refractivity (Wildman–Crippen MR) is 77.7 cm³/mol. The molecule has 0 aromatic heterocycles. The van der Waals surface area contributed by atoms with E-state index >= 15 is 0 Å². The summed E-state index contributed by atoms with van der Waals surface area (Å²) in [6.45, 7) is 7.60. The topological polar surface area (TPSA) is 81.4 Å². The molecule has 1 rings (SSSR count). The molecule has 3 N–H and O–H groups in total. The molecule has 1 atom stereocenters. The maximum absolute atomic E-state index is 11.9. The van der Waals surface area contributed by atoms with E-state index in [4.69, 9.17) is 10.5 Å². The highest BCUT2D eigenvalue weighted by atomic mass is 16.6. The molecule has 5 heteroatoms. The van der Waals surface area contributed by atoms with E-state index in [-0.39, 0.29) is 11.6 Å². The first-order valence-corrected chi connectivity index (χ1v) is 7.23. The van der Waals surface area contributed by atoms with Crippen molar-refractivity contribution < 1.29 is 14.3 Å². The van der Waals surface area contributed by atoms with Crippen LogP contribution in [0, 0.1) is 11.8 Å². The van der Waals surface area contributed by atoms with Gasteiger partial charge in [-0.2, -0.15) is 0 Å². The fourth-order valence-electron chi connectivity index (χ4n) is 2.57. The second kappa shape index (κ2) is 6.80. The van der Waals surface area contributed by atoms with Crippen LogP contribution in [-0.2, 0) is 9.53 Å². The smallest absolute Gasteiger partial charge is 0.408 e. The van der Waals surface area contributed by atoms with Gasteiger partial charge in [0.1, 0.15) is 17.2 Å². The lowest BCUT2D eigenvalue weighted by atomic mass is 9.78. The van der Waals surface area contributed by atoms with E-state index in [1.54, 1.807) is 26.7 Å². The molecule has 1 fully saturated rings. The Hall–Kier alpha value is -1.48. The summed E-state index contributed by atoms with van der Waals surface area (Å²) >= 11 is 0. The Morgan fingerprint density at radius 3 is 2.30 bits per heavy atom. The lowest BCUT2D eigenvalue weighted by Crippen LogP contribution is -2.46. The largest absolute Gasteiger partial charge is 0.444 e. The average Bonchev–Trinajstić information content (AvgIpc) is 2.34. The van der Waals surface area contributed by atoms with Crippen molar-refractivity contribution in [2.75, 3.05) is 0 Å². The van der Waals surface area contributed by atoms with Gasteiger partial charge in [-0.25, -0.2) is 9.59 Å². The molecule has 0 spiro atoms. The van der Waals surface area contributed by atoms with Crippen LogP contribution in [0.25, 0.3) is 0 Å². The second-order valence-electron chi connectivity index (χ2n) is 6.70. The monoisotopic (exact) mass is 282 g/mol. The van der Waals surface area contributed by atoms with E-state index < -0.39 is 17.7 Å². The third-order valence-corrected chi connectivity index (χ3v) is 3.66. The zero-order valence-corrected chi connectivity index (χ0v) is 12.9. The molecule has 5 nitrogen and oxygen atoms in total. The molecule has 0 radical (unpaired) electrons. The molecule has 0 saturated heterocycles. The van der Waals surface area contributed by atoms with Gasteiger partial charge in [-0.15, -0.1) is 0 Å². The van der Waals surface area contributed by atoms with Crippen molar-refractivity contribution in [1.82, 2.24) is 5.32 Å². The highest BCUT2D eigenvalue weighted by Crippen LogP contribution is 2.31. The summed E-state index contributed by atoms with van der Waals surface area (Å²) in [5.41, 5.74) is 5.19. The first-order chi connectivity index (χ1) is 9.23. The highest BCUT2D eigenvalue weighted by molar-refractivity contribution is 5.69. The number of nitrogens with one attached hydrogen (secondary N) is 1. The number of alkyl carbamates (subject to hydrolysis) is 1. The van der Waals surface area contributed by atoms with Gasteiger partial charge in [0.25, 0.3) is 0 Å². The van der Waals surface area contributed by atoms with Crippen molar-refractivity contribution >= 4 is 12.0 Å². The molecule has 0 unspecified atom stereocenters. The molecule has 1 saturated carbocycles. The number of amides is 1. The van der Waals surface area contributed by atoms with Gasteiger partial charge in [-0.05, 0) is 45.4 Å². The van der Waals surface area contributed by atoms with Crippen LogP contribution in [0.2, 0.25) is 0 Å². The van der Waals surface area contributed by atoms with Crippen LogP contribution in [0.4, 0.5) is 4.79 Å². The van der Waals surface area contributed by atoms with Crippen LogP contribution in [-0.4, -0.2) is 23.7 Å². The quantitative estimate of drug-likeness (QED) is 0.779. The summed E-state index contributed by atoms with van der Waals surface area (Å²) in [6.07, 6.45) is 3.53. The Bertz CT molecular complexity index is 386. The van der Waals surface area contributed by atoms with E-state index in [1.807, 2.05) is 0 Å². The van der Waals surface area contributed by atoms with Gasteiger partial charge in [0.15, 0.2) is 0 Å². The lowest BCUT2D eigenvalue weighted by molar-refractivity contribution is 0.0487. The van der Waals surface area contributed by atoms with Crippen LogP contribution < -0.4 is 11.1 Å². The minimum absolute atomic E-state index is 0.0513. The normalized spacial score (nSPS) is 24.4. The number of hydrogen-bond donors (Lipinski definition) is 2. The number of rotatable bonds is 3. The van der Waals surface area contributed by atoms with Crippen LogP contribution in [0.5, 0.6) is 0 Å². The van der Waals surface area contributed by atoms with E-state index in [9.17, 15) is 9.59 Å². The van der Waals surface area contributed by atoms with E-state index in [0.717, 1.165) is 25.7 Å². The summed E-state index contributed by atoms with van der Waals surface area (Å²) in [6, 6.07) is -0.477. The SMILES string of the molecule is CC1CCC([C@H](NC(=O)OC(C)(C)C)C(N)=C=O)CC1. The minimum atomic E-state index is -0.574. The molecule has 1 aliphatic rings. The fourth-order valence-corrected chi connectivity index (χ4v) is 2.57. The van der Waals surface area contributed by atoms with Gasteiger partial charge in [-0.1, -0.05) is 19.8 Å². The molecular formula is C15H26N2O3. The number of carbonyl (C=O) groups is 1. The van der Waals surface area contributed by atoms with E-state index in [0.29, 0.717) is 5.92 Å². The molecule has 0 aliphatic heterocycles. The fraction of sp³-hybridized carbons (Fsp3) is 0.800. The molecule has 0 bridgehead atoms. The van der Waals surface area contributed by atoms with Crippen LogP contribution in [0.3, 0.4) is 0 Å².